The lowest BCUT2D eigenvalue weighted by Crippen LogP contribution is -2.37. The quantitative estimate of drug-likeness (QED) is 0.915. The molecule has 26 heavy (non-hydrogen) atoms. The van der Waals surface area contributed by atoms with Gasteiger partial charge in [0.25, 0.3) is 0 Å². The molecule has 0 radical (unpaired) electrons. The number of amides is 3. The molecule has 0 aliphatic carbocycles. The van der Waals surface area contributed by atoms with E-state index in [0.717, 1.165) is 12.1 Å². The average Bonchev–Trinajstić information content (AvgIpc) is 2.98. The number of benzene rings is 2. The van der Waals surface area contributed by atoms with Gasteiger partial charge in [0.15, 0.2) is 11.6 Å². The van der Waals surface area contributed by atoms with Crippen LogP contribution in [0.3, 0.4) is 0 Å². The van der Waals surface area contributed by atoms with Crippen molar-refractivity contribution in [2.75, 3.05) is 29.9 Å². The fourth-order valence-electron chi connectivity index (χ4n) is 2.67. The average molecular weight is 356 g/mol. The number of anilines is 2. The zero-order chi connectivity index (χ0) is 18.7. The van der Waals surface area contributed by atoms with E-state index in [2.05, 4.69) is 5.32 Å². The number of nitrogens with one attached hydrogen (secondary N) is 1. The van der Waals surface area contributed by atoms with Gasteiger partial charge in [-0.1, -0.05) is 12.1 Å². The predicted octanol–water partition coefficient (Wildman–Crippen LogP) is 2.72. The van der Waals surface area contributed by atoms with Gasteiger partial charge in [0.2, 0.25) is 5.91 Å². The van der Waals surface area contributed by atoms with Crippen LogP contribution >= 0.6 is 0 Å². The molecule has 8 heteroatoms. The number of nitriles is 1. The molecule has 132 valence electrons. The number of para-hydroxylation sites is 1. The van der Waals surface area contributed by atoms with Crippen LogP contribution in [0.1, 0.15) is 5.56 Å². The van der Waals surface area contributed by atoms with Crippen molar-refractivity contribution in [2.24, 2.45) is 0 Å². The summed E-state index contributed by atoms with van der Waals surface area (Å²) in [6.07, 6.45) is 0. The normalized spacial score (nSPS) is 13.7. The Bertz CT molecular complexity index is 910. The topological polar surface area (TPSA) is 76.4 Å². The van der Waals surface area contributed by atoms with Crippen molar-refractivity contribution in [1.29, 1.82) is 5.26 Å². The third-order valence-electron chi connectivity index (χ3n) is 3.97. The minimum Gasteiger partial charge on any atom is -0.323 e. The van der Waals surface area contributed by atoms with Gasteiger partial charge in [0.1, 0.15) is 12.6 Å². The van der Waals surface area contributed by atoms with Crippen LogP contribution in [0, 0.1) is 23.0 Å². The number of urea groups is 1. The first kappa shape index (κ1) is 17.4. The van der Waals surface area contributed by atoms with Crippen LogP contribution in [0.25, 0.3) is 0 Å². The Hall–Kier alpha value is -3.47. The van der Waals surface area contributed by atoms with E-state index in [1.807, 2.05) is 6.07 Å². The number of hydrogen-bond acceptors (Lipinski definition) is 3. The molecule has 2 aromatic carbocycles. The largest absolute Gasteiger partial charge is 0.325 e. The molecule has 0 aromatic heterocycles. The van der Waals surface area contributed by atoms with Gasteiger partial charge in [-0.15, -0.1) is 0 Å². The SMILES string of the molecule is N#Cc1ccccc1NC(=O)CN1CCN(c2ccc(F)c(F)c2)C1=O. The van der Waals surface area contributed by atoms with E-state index >= 15 is 0 Å². The summed E-state index contributed by atoms with van der Waals surface area (Å²) in [4.78, 5) is 27.2. The molecule has 1 fully saturated rings. The Morgan fingerprint density at radius 2 is 1.92 bits per heavy atom. The van der Waals surface area contributed by atoms with Crippen LogP contribution in [-0.2, 0) is 4.79 Å². The molecular formula is C18H14F2N4O2. The Balaban J connectivity index is 1.66. The second-order valence-electron chi connectivity index (χ2n) is 5.66. The fraction of sp³-hybridized carbons (Fsp3) is 0.167. The molecule has 1 aliphatic rings. The van der Waals surface area contributed by atoms with Gasteiger partial charge in [-0.05, 0) is 24.3 Å². The van der Waals surface area contributed by atoms with Crippen LogP contribution in [0.4, 0.5) is 25.0 Å². The molecule has 1 N–H and O–H groups in total. The molecular weight excluding hydrogens is 342 g/mol. The molecule has 1 saturated heterocycles. The van der Waals surface area contributed by atoms with Gasteiger partial charge in [0.05, 0.1) is 11.3 Å². The zero-order valence-electron chi connectivity index (χ0n) is 13.6. The zero-order valence-corrected chi connectivity index (χ0v) is 13.6. The third-order valence-corrected chi connectivity index (χ3v) is 3.97. The Kier molecular flexibility index (Phi) is 4.80. The van der Waals surface area contributed by atoms with Gasteiger partial charge >= 0.3 is 6.03 Å². The van der Waals surface area contributed by atoms with E-state index in [0.29, 0.717) is 11.3 Å². The van der Waals surface area contributed by atoms with Crippen molar-refractivity contribution in [3.63, 3.8) is 0 Å². The lowest BCUT2D eigenvalue weighted by atomic mass is 10.2. The van der Waals surface area contributed by atoms with Crippen LogP contribution in [0.5, 0.6) is 0 Å². The van der Waals surface area contributed by atoms with Gasteiger partial charge in [-0.25, -0.2) is 13.6 Å². The molecule has 0 atom stereocenters. The first-order valence-electron chi connectivity index (χ1n) is 7.80. The van der Waals surface area contributed by atoms with E-state index in [1.54, 1.807) is 24.3 Å². The van der Waals surface area contributed by atoms with Crippen molar-refractivity contribution >= 4 is 23.3 Å². The molecule has 0 spiro atoms. The second-order valence-corrected chi connectivity index (χ2v) is 5.66. The second kappa shape index (κ2) is 7.19. The van der Waals surface area contributed by atoms with Crippen LogP contribution in [0.15, 0.2) is 42.5 Å². The maximum absolute atomic E-state index is 13.4. The number of carbonyl (C=O) groups excluding carboxylic acids is 2. The van der Waals surface area contributed by atoms with Crippen LogP contribution < -0.4 is 10.2 Å². The van der Waals surface area contributed by atoms with E-state index in [4.69, 9.17) is 5.26 Å². The summed E-state index contributed by atoms with van der Waals surface area (Å²) in [5, 5.41) is 11.6. The van der Waals surface area contributed by atoms with E-state index in [1.165, 1.54) is 15.9 Å². The summed E-state index contributed by atoms with van der Waals surface area (Å²) in [7, 11) is 0. The number of carbonyl (C=O) groups is 2. The molecule has 2 aromatic rings. The highest BCUT2D eigenvalue weighted by Gasteiger charge is 2.31. The summed E-state index contributed by atoms with van der Waals surface area (Å²) >= 11 is 0. The molecule has 0 bridgehead atoms. The maximum Gasteiger partial charge on any atom is 0.325 e. The highest BCUT2D eigenvalue weighted by Crippen LogP contribution is 2.22. The van der Waals surface area contributed by atoms with E-state index < -0.39 is 23.6 Å². The molecule has 3 rings (SSSR count). The summed E-state index contributed by atoms with van der Waals surface area (Å²) in [6, 6.07) is 11.2. The van der Waals surface area contributed by atoms with Gasteiger partial charge in [-0.3, -0.25) is 9.69 Å². The lowest BCUT2D eigenvalue weighted by Gasteiger charge is -2.18. The summed E-state index contributed by atoms with van der Waals surface area (Å²) in [6.45, 7) is 0.315. The third kappa shape index (κ3) is 3.47. The Labute approximate surface area is 148 Å². The molecule has 3 amide bonds. The van der Waals surface area contributed by atoms with E-state index in [-0.39, 0.29) is 25.3 Å². The van der Waals surface area contributed by atoms with Gasteiger partial charge in [-0.2, -0.15) is 5.26 Å². The molecule has 0 saturated carbocycles. The van der Waals surface area contributed by atoms with Crippen molar-refractivity contribution in [3.05, 3.63) is 59.7 Å². The predicted molar refractivity (Wildman–Crippen MR) is 90.5 cm³/mol. The summed E-state index contributed by atoms with van der Waals surface area (Å²) < 4.78 is 26.4. The summed E-state index contributed by atoms with van der Waals surface area (Å²) in [5.41, 5.74) is 0.910. The number of hydrogen-bond donors (Lipinski definition) is 1. The Morgan fingerprint density at radius 3 is 2.65 bits per heavy atom. The van der Waals surface area contributed by atoms with Crippen LogP contribution in [0.2, 0.25) is 0 Å². The van der Waals surface area contributed by atoms with Gasteiger partial charge in [0, 0.05) is 24.8 Å². The van der Waals surface area contributed by atoms with Crippen LogP contribution in [-0.4, -0.2) is 36.5 Å². The minimum atomic E-state index is -1.04. The number of rotatable bonds is 4. The summed E-state index contributed by atoms with van der Waals surface area (Å²) in [5.74, 6) is -2.49. The standard InChI is InChI=1S/C18H14F2N4O2/c19-14-6-5-13(9-15(14)20)24-8-7-23(18(24)26)11-17(25)22-16-4-2-1-3-12(16)10-21/h1-6,9H,7-8,11H2,(H,22,25). The highest BCUT2D eigenvalue weighted by molar-refractivity contribution is 5.99. The van der Waals surface area contributed by atoms with E-state index in [9.17, 15) is 18.4 Å². The Morgan fingerprint density at radius 1 is 1.15 bits per heavy atom. The monoisotopic (exact) mass is 356 g/mol. The first-order chi connectivity index (χ1) is 12.5. The van der Waals surface area contributed by atoms with Crippen molar-refractivity contribution < 1.29 is 18.4 Å². The molecule has 0 unspecified atom stereocenters. The first-order valence-corrected chi connectivity index (χ1v) is 7.80. The number of nitrogens with zero attached hydrogens (tertiary/aromatic N) is 3. The molecule has 6 nitrogen and oxygen atoms in total. The van der Waals surface area contributed by atoms with Crippen molar-refractivity contribution in [2.45, 2.75) is 0 Å². The highest BCUT2D eigenvalue weighted by atomic mass is 19.2. The fourth-order valence-corrected chi connectivity index (χ4v) is 2.67. The molecule has 1 aliphatic heterocycles. The minimum absolute atomic E-state index is 0.210. The lowest BCUT2D eigenvalue weighted by molar-refractivity contribution is -0.116. The van der Waals surface area contributed by atoms with Gasteiger partial charge < -0.3 is 10.2 Å². The number of halogens is 2. The smallest absolute Gasteiger partial charge is 0.323 e. The molecule has 1 heterocycles. The van der Waals surface area contributed by atoms with Crippen molar-refractivity contribution in [3.8, 4) is 6.07 Å². The maximum atomic E-state index is 13.4. The van der Waals surface area contributed by atoms with Crippen molar-refractivity contribution in [1.82, 2.24) is 4.90 Å².